The van der Waals surface area contributed by atoms with Gasteiger partial charge in [-0.1, -0.05) is 0 Å². The van der Waals surface area contributed by atoms with Gasteiger partial charge in [0.05, 0.1) is 33.5 Å². The molecule has 3 fully saturated rings. The lowest BCUT2D eigenvalue weighted by molar-refractivity contribution is -0.140. The molecule has 5 rings (SSSR count). The van der Waals surface area contributed by atoms with E-state index in [-0.39, 0.29) is 25.1 Å². The van der Waals surface area contributed by atoms with Gasteiger partial charge in [-0.3, -0.25) is 4.79 Å². The third-order valence-corrected chi connectivity index (χ3v) is 9.74. The van der Waals surface area contributed by atoms with Crippen molar-refractivity contribution < 1.29 is 35.5 Å². The van der Waals surface area contributed by atoms with Crippen LogP contribution in [0.3, 0.4) is 0 Å². The number of aromatic nitrogens is 2. The maximum Gasteiger partial charge on any atom is 0.417 e. The maximum atomic E-state index is 13.7. The second-order valence-corrected chi connectivity index (χ2v) is 12.5. The molecule has 2 unspecified atom stereocenters. The molecule has 0 radical (unpaired) electrons. The Kier molecular flexibility index (Phi) is 6.87. The number of alkyl halides is 3. The fourth-order valence-electron chi connectivity index (χ4n) is 5.30. The van der Waals surface area contributed by atoms with Gasteiger partial charge in [0.2, 0.25) is 5.91 Å². The van der Waals surface area contributed by atoms with Crippen LogP contribution in [-0.4, -0.2) is 60.7 Å². The van der Waals surface area contributed by atoms with E-state index in [1.807, 2.05) is 0 Å². The van der Waals surface area contributed by atoms with E-state index in [0.29, 0.717) is 62.5 Å². The van der Waals surface area contributed by atoms with Gasteiger partial charge in [0.25, 0.3) is 0 Å². The van der Waals surface area contributed by atoms with Crippen LogP contribution in [0.2, 0.25) is 0 Å². The summed E-state index contributed by atoms with van der Waals surface area (Å²) in [7, 11) is -4.66. The number of nitriles is 1. The molecule has 1 aliphatic carbocycles. The molecule has 39 heavy (non-hydrogen) atoms. The first-order valence-electron chi connectivity index (χ1n) is 12.6. The Morgan fingerprint density at radius 2 is 1.92 bits per heavy atom. The molecule has 2 aliphatic heterocycles. The van der Waals surface area contributed by atoms with Crippen LogP contribution in [0.25, 0.3) is 0 Å². The Balaban J connectivity index is 1.54. The number of hydrogen-bond acceptors (Lipinski definition) is 7. The molecule has 1 aromatic carbocycles. The Morgan fingerprint density at radius 1 is 1.23 bits per heavy atom. The molecular formula is C25H27F4N5O4S. The Hall–Kier alpha value is -3.18. The van der Waals surface area contributed by atoms with E-state index in [2.05, 4.69) is 16.5 Å². The van der Waals surface area contributed by atoms with Crippen LogP contribution in [0.5, 0.6) is 0 Å². The number of halogens is 4. The van der Waals surface area contributed by atoms with E-state index < -0.39 is 55.0 Å². The number of rotatable bonds is 6. The van der Waals surface area contributed by atoms with Gasteiger partial charge in [-0.15, -0.1) is 0 Å². The van der Waals surface area contributed by atoms with E-state index in [1.54, 1.807) is 22.6 Å². The summed E-state index contributed by atoms with van der Waals surface area (Å²) in [6, 6.07) is 4.07. The van der Waals surface area contributed by atoms with Gasteiger partial charge in [-0.05, 0) is 57.2 Å². The Bertz CT molecular complexity index is 1420. The average molecular weight is 570 g/mol. The zero-order valence-corrected chi connectivity index (χ0v) is 21.9. The van der Waals surface area contributed by atoms with Crippen molar-refractivity contribution in [1.82, 2.24) is 15.1 Å². The standard InChI is InChI=1S/C25H27F4N5O4S/c1-15-10-22(34(32-15)17-4-8-38-9-5-17)33-13-18(12-20(33)23(35)31-24(14-30)6-7-24)39(36,37)21-3-2-16(26)11-19(21)25(27,28)29/h2-3,10-11,17-18,20H,4-9,12-13H2,1H3,(H,31,35). The van der Waals surface area contributed by atoms with Gasteiger partial charge < -0.3 is 15.0 Å². The fourth-order valence-corrected chi connectivity index (χ4v) is 7.19. The van der Waals surface area contributed by atoms with E-state index in [9.17, 15) is 36.0 Å². The van der Waals surface area contributed by atoms with Crippen molar-refractivity contribution in [2.75, 3.05) is 24.7 Å². The number of benzene rings is 1. The third-order valence-electron chi connectivity index (χ3n) is 7.55. The number of anilines is 1. The Labute approximate surface area is 222 Å². The van der Waals surface area contributed by atoms with Crippen molar-refractivity contribution in [3.63, 3.8) is 0 Å². The first-order chi connectivity index (χ1) is 18.3. The molecule has 9 nitrogen and oxygen atoms in total. The summed E-state index contributed by atoms with van der Waals surface area (Å²) in [5.74, 6) is -1.33. The topological polar surface area (TPSA) is 117 Å². The molecular weight excluding hydrogens is 542 g/mol. The number of aryl methyl sites for hydroxylation is 1. The normalized spacial score (nSPS) is 23.4. The SMILES string of the molecule is Cc1cc(N2CC(S(=O)(=O)c3ccc(F)cc3C(F)(F)F)CC2C(=O)NC2(C#N)CC2)n(C2CCOCC2)n1. The summed E-state index contributed by atoms with van der Waals surface area (Å²) in [5, 5.41) is 15.3. The summed E-state index contributed by atoms with van der Waals surface area (Å²) in [4.78, 5) is 14.0. The molecule has 2 atom stereocenters. The van der Waals surface area contributed by atoms with Crippen molar-refractivity contribution in [3.8, 4) is 6.07 Å². The smallest absolute Gasteiger partial charge is 0.381 e. The first kappa shape index (κ1) is 27.4. The molecule has 14 heteroatoms. The quantitative estimate of drug-likeness (QED) is 0.419. The highest BCUT2D eigenvalue weighted by molar-refractivity contribution is 7.92. The lowest BCUT2D eigenvalue weighted by Gasteiger charge is -2.30. The number of hydrogen-bond donors (Lipinski definition) is 1. The molecule has 2 aromatic rings. The molecule has 3 aliphatic rings. The minimum absolute atomic E-state index is 0.0790. The highest BCUT2D eigenvalue weighted by Gasteiger charge is 2.51. The minimum atomic E-state index is -5.11. The molecule has 1 N–H and O–H groups in total. The summed E-state index contributed by atoms with van der Waals surface area (Å²) in [6.07, 6.45) is -3.24. The van der Waals surface area contributed by atoms with Gasteiger partial charge in [0.15, 0.2) is 9.84 Å². The van der Waals surface area contributed by atoms with Crippen molar-refractivity contribution in [2.24, 2.45) is 0 Å². The van der Waals surface area contributed by atoms with Gasteiger partial charge in [-0.2, -0.15) is 23.5 Å². The number of sulfone groups is 1. The van der Waals surface area contributed by atoms with Crippen molar-refractivity contribution >= 4 is 21.6 Å². The number of nitrogens with one attached hydrogen (secondary N) is 1. The number of ether oxygens (including phenoxy) is 1. The summed E-state index contributed by atoms with van der Waals surface area (Å²) < 4.78 is 89.3. The molecule has 1 aromatic heterocycles. The molecule has 0 bridgehead atoms. The monoisotopic (exact) mass is 569 g/mol. The predicted molar refractivity (Wildman–Crippen MR) is 130 cm³/mol. The van der Waals surface area contributed by atoms with E-state index in [0.717, 1.165) is 0 Å². The number of carbonyl (C=O) groups excluding carboxylic acids is 1. The van der Waals surface area contributed by atoms with E-state index in [4.69, 9.17) is 4.74 Å². The lowest BCUT2D eigenvalue weighted by atomic mass is 10.1. The van der Waals surface area contributed by atoms with Gasteiger partial charge in [0.1, 0.15) is 23.2 Å². The number of nitrogens with zero attached hydrogens (tertiary/aromatic N) is 4. The predicted octanol–water partition coefficient (Wildman–Crippen LogP) is 3.29. The fraction of sp³-hybridized carbons (Fsp3) is 0.560. The van der Waals surface area contributed by atoms with Gasteiger partial charge in [0, 0.05) is 25.8 Å². The van der Waals surface area contributed by atoms with Crippen LogP contribution in [0.4, 0.5) is 23.4 Å². The number of amides is 1. The zero-order chi connectivity index (χ0) is 28.2. The highest BCUT2D eigenvalue weighted by Crippen LogP contribution is 2.41. The van der Waals surface area contributed by atoms with Crippen LogP contribution in [0, 0.1) is 24.1 Å². The molecule has 210 valence electrons. The van der Waals surface area contributed by atoms with Crippen LogP contribution in [0.15, 0.2) is 29.2 Å². The highest BCUT2D eigenvalue weighted by atomic mass is 32.2. The van der Waals surface area contributed by atoms with Crippen LogP contribution < -0.4 is 10.2 Å². The first-order valence-corrected chi connectivity index (χ1v) is 14.1. The second kappa shape index (κ2) is 9.78. The van der Waals surface area contributed by atoms with Crippen LogP contribution in [0.1, 0.15) is 49.4 Å². The second-order valence-electron chi connectivity index (χ2n) is 10.3. The summed E-state index contributed by atoms with van der Waals surface area (Å²) >= 11 is 0. The zero-order valence-electron chi connectivity index (χ0n) is 21.0. The van der Waals surface area contributed by atoms with Crippen molar-refractivity contribution in [1.29, 1.82) is 5.26 Å². The minimum Gasteiger partial charge on any atom is -0.381 e. The molecule has 1 amide bonds. The third kappa shape index (κ3) is 5.21. The van der Waals surface area contributed by atoms with Gasteiger partial charge in [-0.25, -0.2) is 17.5 Å². The largest absolute Gasteiger partial charge is 0.417 e. The number of carbonyl (C=O) groups is 1. The van der Waals surface area contributed by atoms with E-state index >= 15 is 0 Å². The van der Waals surface area contributed by atoms with Crippen molar-refractivity contribution in [2.45, 2.75) is 73.0 Å². The molecule has 3 heterocycles. The van der Waals surface area contributed by atoms with Crippen molar-refractivity contribution in [3.05, 3.63) is 41.3 Å². The Morgan fingerprint density at radius 3 is 2.54 bits per heavy atom. The van der Waals surface area contributed by atoms with Crippen LogP contribution >= 0.6 is 0 Å². The average Bonchev–Trinajstić information content (AvgIpc) is 3.32. The van der Waals surface area contributed by atoms with Crippen LogP contribution in [-0.2, 0) is 25.5 Å². The summed E-state index contributed by atoms with van der Waals surface area (Å²) in [5.41, 5.74) is -2.00. The molecule has 1 saturated carbocycles. The van der Waals surface area contributed by atoms with Gasteiger partial charge >= 0.3 is 6.18 Å². The summed E-state index contributed by atoms with van der Waals surface area (Å²) in [6.45, 7) is 2.46. The molecule has 0 spiro atoms. The molecule has 2 saturated heterocycles. The van der Waals surface area contributed by atoms with E-state index in [1.165, 1.54) is 0 Å². The lowest BCUT2D eigenvalue weighted by Crippen LogP contribution is -2.48. The maximum absolute atomic E-state index is 13.7.